The molecule has 11 nitrogen and oxygen atoms in total. The minimum Gasteiger partial charge on any atom is -0.390 e. The Hall–Kier alpha value is -2.45. The van der Waals surface area contributed by atoms with E-state index in [9.17, 15) is 23.7 Å². The summed E-state index contributed by atoms with van der Waals surface area (Å²) < 4.78 is 24.0. The third-order valence-electron chi connectivity index (χ3n) is 6.46. The maximum atomic E-state index is 11.5. The van der Waals surface area contributed by atoms with E-state index in [1.807, 2.05) is 13.0 Å². The fourth-order valence-electron chi connectivity index (χ4n) is 4.50. The number of rotatable bonds is 8. The molecule has 4 atom stereocenters. The van der Waals surface area contributed by atoms with Gasteiger partial charge in [0.1, 0.15) is 32.3 Å². The Morgan fingerprint density at radius 1 is 1.14 bits per heavy atom. The van der Waals surface area contributed by atoms with Crippen molar-refractivity contribution in [3.63, 3.8) is 0 Å². The Labute approximate surface area is 214 Å². The molecular formula is C23H32N6O5S2. The van der Waals surface area contributed by atoms with Crippen molar-refractivity contribution in [2.24, 2.45) is 5.92 Å². The van der Waals surface area contributed by atoms with Crippen molar-refractivity contribution >= 4 is 43.2 Å². The zero-order valence-corrected chi connectivity index (χ0v) is 22.5. The summed E-state index contributed by atoms with van der Waals surface area (Å²) in [6.45, 7) is 7.04. The summed E-state index contributed by atoms with van der Waals surface area (Å²) in [4.78, 5) is 18.2. The number of hydrogen-bond donors (Lipinski definition) is 5. The number of sulfone groups is 1. The van der Waals surface area contributed by atoms with Crippen molar-refractivity contribution in [3.8, 4) is 10.6 Å². The smallest absolute Gasteiger partial charge is 0.224 e. The topological polar surface area (TPSA) is 170 Å². The summed E-state index contributed by atoms with van der Waals surface area (Å²) in [5.41, 5.74) is 1.63. The van der Waals surface area contributed by atoms with E-state index in [0.29, 0.717) is 28.5 Å². The van der Waals surface area contributed by atoms with Crippen LogP contribution in [0.3, 0.4) is 0 Å². The van der Waals surface area contributed by atoms with Crippen molar-refractivity contribution in [1.82, 2.24) is 19.9 Å². The molecular weight excluding hydrogens is 504 g/mol. The van der Waals surface area contributed by atoms with Crippen LogP contribution in [0.1, 0.15) is 31.7 Å². The van der Waals surface area contributed by atoms with E-state index in [1.165, 1.54) is 11.3 Å². The fraction of sp³-hybridized carbons (Fsp3) is 0.565. The molecule has 4 rings (SSSR count). The number of anilines is 2. The summed E-state index contributed by atoms with van der Waals surface area (Å²) in [6, 6.07) is 1.30. The summed E-state index contributed by atoms with van der Waals surface area (Å²) in [5, 5.41) is 38.7. The van der Waals surface area contributed by atoms with Gasteiger partial charge in [0.2, 0.25) is 5.95 Å². The van der Waals surface area contributed by atoms with Crippen LogP contribution in [-0.2, 0) is 9.84 Å². The summed E-state index contributed by atoms with van der Waals surface area (Å²) in [5.74, 6) is 0.000209. The van der Waals surface area contributed by atoms with E-state index in [4.69, 9.17) is 4.98 Å². The molecule has 0 radical (unpaired) electrons. The van der Waals surface area contributed by atoms with Crippen LogP contribution in [0.2, 0.25) is 0 Å². The van der Waals surface area contributed by atoms with Crippen molar-refractivity contribution in [1.29, 1.82) is 0 Å². The zero-order chi connectivity index (χ0) is 26.4. The van der Waals surface area contributed by atoms with Gasteiger partial charge in [-0.2, -0.15) is 4.98 Å². The Balaban J connectivity index is 1.74. The molecule has 5 N–H and O–H groups in total. The summed E-state index contributed by atoms with van der Waals surface area (Å²) in [6.07, 6.45) is 0.954. The van der Waals surface area contributed by atoms with Crippen molar-refractivity contribution < 1.29 is 23.7 Å². The van der Waals surface area contributed by atoms with Gasteiger partial charge in [0.25, 0.3) is 0 Å². The van der Waals surface area contributed by atoms with Crippen molar-refractivity contribution in [2.75, 3.05) is 29.2 Å². The standard InChI is InChI=1S/C23H32N6O5S2/c1-11-16(21-28-17-12(2)24-7-6-15(17)35-21)20(29-22(26-11)25-8-9-36(5,33)34)27-14-10-13(23(3,4)32)18(30)19(14)31/h6-7,13-14,18-19,30-32H,8-10H2,1-5H3,(H2,25,26,27,29)/t13-,14+,18+,19-/m0/s1. The highest BCUT2D eigenvalue weighted by atomic mass is 32.2. The molecule has 1 saturated carbocycles. The number of aromatic nitrogens is 4. The van der Waals surface area contributed by atoms with E-state index < -0.39 is 39.6 Å². The molecule has 0 amide bonds. The minimum absolute atomic E-state index is 0.0785. The Bertz CT molecular complexity index is 1370. The normalized spacial score (nSPS) is 22.8. The first-order valence-corrected chi connectivity index (χ1v) is 14.5. The van der Waals surface area contributed by atoms with Gasteiger partial charge in [0, 0.05) is 24.9 Å². The highest BCUT2D eigenvalue weighted by Gasteiger charge is 2.48. The number of aliphatic hydroxyl groups is 3. The second kappa shape index (κ2) is 9.78. The maximum absolute atomic E-state index is 11.5. The molecule has 3 heterocycles. The molecule has 1 fully saturated rings. The van der Waals surface area contributed by atoms with Crippen LogP contribution in [0.15, 0.2) is 12.3 Å². The predicted octanol–water partition coefficient (Wildman–Crippen LogP) is 1.51. The van der Waals surface area contributed by atoms with E-state index in [2.05, 4.69) is 25.6 Å². The van der Waals surface area contributed by atoms with E-state index in [0.717, 1.165) is 22.2 Å². The van der Waals surface area contributed by atoms with Gasteiger partial charge in [-0.05, 0) is 40.2 Å². The first-order valence-electron chi connectivity index (χ1n) is 11.6. The zero-order valence-electron chi connectivity index (χ0n) is 20.8. The first kappa shape index (κ1) is 26.6. The molecule has 1 aliphatic rings. The van der Waals surface area contributed by atoms with Crippen molar-refractivity contribution in [2.45, 2.75) is 58.0 Å². The molecule has 0 aliphatic heterocycles. The van der Waals surface area contributed by atoms with Gasteiger partial charge in [-0.25, -0.2) is 18.4 Å². The number of pyridine rings is 1. The minimum atomic E-state index is -3.17. The molecule has 3 aromatic heterocycles. The molecule has 0 bridgehead atoms. The number of nitrogens with one attached hydrogen (secondary N) is 2. The number of hydrogen-bond acceptors (Lipinski definition) is 12. The molecule has 36 heavy (non-hydrogen) atoms. The number of aryl methyl sites for hydroxylation is 2. The lowest BCUT2D eigenvalue weighted by Gasteiger charge is -2.28. The lowest BCUT2D eigenvalue weighted by Crippen LogP contribution is -2.40. The predicted molar refractivity (Wildman–Crippen MR) is 140 cm³/mol. The van der Waals surface area contributed by atoms with Crippen LogP contribution in [0.4, 0.5) is 11.8 Å². The van der Waals surface area contributed by atoms with Crippen LogP contribution in [-0.4, -0.2) is 86.1 Å². The number of fused-ring (bicyclic) bond motifs is 1. The van der Waals surface area contributed by atoms with Crippen LogP contribution in [0.5, 0.6) is 0 Å². The van der Waals surface area contributed by atoms with E-state index in [-0.39, 0.29) is 18.2 Å². The second-order valence-corrected chi connectivity index (χ2v) is 13.2. The Kier molecular flexibility index (Phi) is 7.23. The van der Waals surface area contributed by atoms with Gasteiger partial charge in [-0.1, -0.05) is 0 Å². The molecule has 0 saturated heterocycles. The largest absolute Gasteiger partial charge is 0.390 e. The number of thiazole rings is 1. The highest BCUT2D eigenvalue weighted by Crippen LogP contribution is 2.40. The quantitative estimate of drug-likeness (QED) is 0.283. The molecule has 13 heteroatoms. The van der Waals surface area contributed by atoms with Gasteiger partial charge in [0.15, 0.2) is 0 Å². The van der Waals surface area contributed by atoms with Crippen molar-refractivity contribution in [3.05, 3.63) is 23.7 Å². The van der Waals surface area contributed by atoms with Gasteiger partial charge >= 0.3 is 0 Å². The lowest BCUT2D eigenvalue weighted by atomic mass is 9.88. The SMILES string of the molecule is Cc1nc(NCCS(C)(=O)=O)nc(N[C@@H]2C[C@H](C(C)(C)O)[C@@H](O)[C@H]2O)c1-c1nc2c(C)nccc2s1. The molecule has 196 valence electrons. The van der Waals surface area contributed by atoms with Crippen LogP contribution in [0, 0.1) is 19.8 Å². The average molecular weight is 537 g/mol. The van der Waals surface area contributed by atoms with E-state index >= 15 is 0 Å². The molecule has 0 unspecified atom stereocenters. The average Bonchev–Trinajstić information content (AvgIpc) is 3.30. The molecule has 1 aliphatic carbocycles. The molecule has 3 aromatic rings. The van der Waals surface area contributed by atoms with Crippen LogP contribution < -0.4 is 10.6 Å². The highest BCUT2D eigenvalue weighted by molar-refractivity contribution is 7.90. The van der Waals surface area contributed by atoms with Crippen LogP contribution in [0.25, 0.3) is 20.8 Å². The fourth-order valence-corrected chi connectivity index (χ4v) is 6.09. The lowest BCUT2D eigenvalue weighted by molar-refractivity contribution is -0.0601. The number of aliphatic hydroxyl groups excluding tert-OH is 2. The number of nitrogens with zero attached hydrogens (tertiary/aromatic N) is 4. The second-order valence-electron chi connectivity index (χ2n) is 9.90. The van der Waals surface area contributed by atoms with E-state index in [1.54, 1.807) is 27.0 Å². The molecule has 0 aromatic carbocycles. The third-order valence-corrected chi connectivity index (χ3v) is 8.45. The van der Waals surface area contributed by atoms with Gasteiger partial charge in [-0.15, -0.1) is 11.3 Å². The van der Waals surface area contributed by atoms with Gasteiger partial charge in [-0.3, -0.25) is 4.98 Å². The van der Waals surface area contributed by atoms with Gasteiger partial charge < -0.3 is 26.0 Å². The van der Waals surface area contributed by atoms with Crippen LogP contribution >= 0.6 is 11.3 Å². The Morgan fingerprint density at radius 3 is 2.47 bits per heavy atom. The summed E-state index contributed by atoms with van der Waals surface area (Å²) >= 11 is 1.46. The first-order chi connectivity index (χ1) is 16.7. The third kappa shape index (κ3) is 5.59. The van der Waals surface area contributed by atoms with Gasteiger partial charge in [0.05, 0.1) is 45.2 Å². The Morgan fingerprint density at radius 2 is 1.86 bits per heavy atom. The summed E-state index contributed by atoms with van der Waals surface area (Å²) in [7, 11) is -3.17. The monoisotopic (exact) mass is 536 g/mol. The maximum Gasteiger partial charge on any atom is 0.224 e. The molecule has 0 spiro atoms.